The molecule has 0 saturated carbocycles. The van der Waals surface area contributed by atoms with Crippen LogP contribution in [-0.4, -0.2) is 29.1 Å². The van der Waals surface area contributed by atoms with E-state index >= 15 is 0 Å². The molecule has 3 nitrogen and oxygen atoms in total. The molecule has 1 aliphatic heterocycles. The molecule has 0 bridgehead atoms. The van der Waals surface area contributed by atoms with Crippen LogP contribution in [0.5, 0.6) is 0 Å². The molecule has 1 fully saturated rings. The molecule has 116 valence electrons. The maximum atomic E-state index is 11.6. The van der Waals surface area contributed by atoms with Crippen molar-refractivity contribution in [2.45, 2.75) is 52.0 Å². The Bertz CT molecular complexity index is 450. The molecule has 1 heterocycles. The van der Waals surface area contributed by atoms with Crippen LogP contribution in [0.25, 0.3) is 0 Å². The third kappa shape index (κ3) is 3.46. The molecule has 0 spiro atoms. The maximum absolute atomic E-state index is 11.6. The molecule has 1 unspecified atom stereocenters. The standard InChI is InChI=1S/C18H27NO2/c1-3-8-16(15-9-6-5-7-10-15)19-13-11-18(4-2,12-14-19)17(20)21/h5-7,9-10,16H,3-4,8,11-14H2,1-2H3,(H,20,21). The SMILES string of the molecule is CCCC(c1ccccc1)N1CCC(CC)(C(=O)O)CC1. The lowest BCUT2D eigenvalue weighted by Gasteiger charge is -2.42. The van der Waals surface area contributed by atoms with E-state index in [-0.39, 0.29) is 0 Å². The van der Waals surface area contributed by atoms with Crippen molar-refractivity contribution in [2.75, 3.05) is 13.1 Å². The molecule has 1 N–H and O–H groups in total. The second-order valence-electron chi connectivity index (χ2n) is 6.19. The Kier molecular flexibility index (Phi) is 5.40. The Balaban J connectivity index is 2.09. The fraction of sp³-hybridized carbons (Fsp3) is 0.611. The quantitative estimate of drug-likeness (QED) is 0.857. The molecule has 1 atom stereocenters. The highest BCUT2D eigenvalue weighted by Gasteiger charge is 2.41. The van der Waals surface area contributed by atoms with Crippen LogP contribution < -0.4 is 0 Å². The highest BCUT2D eigenvalue weighted by atomic mass is 16.4. The maximum Gasteiger partial charge on any atom is 0.309 e. The first kappa shape index (κ1) is 16.0. The zero-order chi connectivity index (χ0) is 15.3. The first-order valence-electron chi connectivity index (χ1n) is 8.15. The van der Waals surface area contributed by atoms with Gasteiger partial charge in [0.1, 0.15) is 0 Å². The zero-order valence-corrected chi connectivity index (χ0v) is 13.2. The third-order valence-corrected chi connectivity index (χ3v) is 5.07. The van der Waals surface area contributed by atoms with Crippen molar-refractivity contribution >= 4 is 5.97 Å². The molecular formula is C18H27NO2. The smallest absolute Gasteiger partial charge is 0.309 e. The number of rotatable bonds is 6. The molecule has 1 aliphatic rings. The molecule has 2 rings (SSSR count). The number of benzene rings is 1. The number of nitrogens with zero attached hydrogens (tertiary/aromatic N) is 1. The molecule has 1 aromatic carbocycles. The van der Waals surface area contributed by atoms with Crippen LogP contribution in [0.4, 0.5) is 0 Å². The number of piperidine rings is 1. The van der Waals surface area contributed by atoms with Crippen molar-refractivity contribution < 1.29 is 9.90 Å². The van der Waals surface area contributed by atoms with E-state index in [9.17, 15) is 9.90 Å². The number of likely N-dealkylation sites (tertiary alicyclic amines) is 1. The first-order valence-corrected chi connectivity index (χ1v) is 8.15. The van der Waals surface area contributed by atoms with Gasteiger partial charge in [-0.1, -0.05) is 50.6 Å². The number of carboxylic acid groups (broad SMARTS) is 1. The number of hydrogen-bond donors (Lipinski definition) is 1. The van der Waals surface area contributed by atoms with Gasteiger partial charge in [0.2, 0.25) is 0 Å². The molecule has 0 aliphatic carbocycles. The number of carboxylic acids is 1. The summed E-state index contributed by atoms with van der Waals surface area (Å²) >= 11 is 0. The largest absolute Gasteiger partial charge is 0.481 e. The van der Waals surface area contributed by atoms with Crippen LogP contribution in [-0.2, 0) is 4.79 Å². The molecule has 21 heavy (non-hydrogen) atoms. The predicted molar refractivity (Wildman–Crippen MR) is 85.3 cm³/mol. The summed E-state index contributed by atoms with van der Waals surface area (Å²) < 4.78 is 0. The Morgan fingerprint density at radius 1 is 1.24 bits per heavy atom. The zero-order valence-electron chi connectivity index (χ0n) is 13.2. The summed E-state index contributed by atoms with van der Waals surface area (Å²) in [5, 5.41) is 9.52. The molecule has 3 heteroatoms. The van der Waals surface area contributed by atoms with E-state index in [1.807, 2.05) is 6.92 Å². The Labute approximate surface area is 128 Å². The van der Waals surface area contributed by atoms with Crippen LogP contribution in [0.1, 0.15) is 57.6 Å². The van der Waals surface area contributed by atoms with Gasteiger partial charge in [0.05, 0.1) is 5.41 Å². The Morgan fingerprint density at radius 3 is 2.33 bits per heavy atom. The van der Waals surface area contributed by atoms with Gasteiger partial charge < -0.3 is 5.11 Å². The van der Waals surface area contributed by atoms with Crippen molar-refractivity contribution in [1.29, 1.82) is 0 Å². The number of hydrogen-bond acceptors (Lipinski definition) is 2. The van der Waals surface area contributed by atoms with Gasteiger partial charge in [-0.25, -0.2) is 0 Å². The van der Waals surface area contributed by atoms with E-state index in [4.69, 9.17) is 0 Å². The van der Waals surface area contributed by atoms with Gasteiger partial charge in [0, 0.05) is 6.04 Å². The van der Waals surface area contributed by atoms with E-state index in [2.05, 4.69) is 42.2 Å². The molecule has 0 radical (unpaired) electrons. The van der Waals surface area contributed by atoms with Crippen LogP contribution in [0, 0.1) is 5.41 Å². The summed E-state index contributed by atoms with van der Waals surface area (Å²) in [6, 6.07) is 11.1. The minimum absolute atomic E-state index is 0.430. The topological polar surface area (TPSA) is 40.5 Å². The van der Waals surface area contributed by atoms with Crippen molar-refractivity contribution in [3.8, 4) is 0 Å². The number of aliphatic carboxylic acids is 1. The van der Waals surface area contributed by atoms with E-state index in [0.717, 1.165) is 45.2 Å². The molecule has 1 saturated heterocycles. The van der Waals surface area contributed by atoms with Crippen molar-refractivity contribution in [3.63, 3.8) is 0 Å². The second kappa shape index (κ2) is 7.08. The first-order chi connectivity index (χ1) is 10.1. The highest BCUT2D eigenvalue weighted by Crippen LogP contribution is 2.38. The molecule has 0 aromatic heterocycles. The van der Waals surface area contributed by atoms with E-state index in [1.54, 1.807) is 0 Å². The van der Waals surface area contributed by atoms with Crippen LogP contribution in [0.15, 0.2) is 30.3 Å². The average molecular weight is 289 g/mol. The van der Waals surface area contributed by atoms with Gasteiger partial charge in [-0.2, -0.15) is 0 Å². The Hall–Kier alpha value is -1.35. The summed E-state index contributed by atoms with van der Waals surface area (Å²) in [6.07, 6.45) is 4.56. The van der Waals surface area contributed by atoms with E-state index in [0.29, 0.717) is 6.04 Å². The normalized spacial score (nSPS) is 20.1. The summed E-state index contributed by atoms with van der Waals surface area (Å²) in [6.45, 7) is 6.00. The highest BCUT2D eigenvalue weighted by molar-refractivity contribution is 5.74. The summed E-state index contributed by atoms with van der Waals surface area (Å²) in [4.78, 5) is 14.0. The van der Waals surface area contributed by atoms with Gasteiger partial charge >= 0.3 is 5.97 Å². The fourth-order valence-electron chi connectivity index (χ4n) is 3.49. The molecular weight excluding hydrogens is 262 g/mol. The predicted octanol–water partition coefficient (Wildman–Crippen LogP) is 4.10. The minimum atomic E-state index is -0.614. The van der Waals surface area contributed by atoms with Crippen molar-refractivity contribution in [2.24, 2.45) is 5.41 Å². The minimum Gasteiger partial charge on any atom is -0.481 e. The summed E-state index contributed by atoms with van der Waals surface area (Å²) in [7, 11) is 0. The van der Waals surface area contributed by atoms with E-state index < -0.39 is 11.4 Å². The lowest BCUT2D eigenvalue weighted by molar-refractivity contribution is -0.152. The lowest BCUT2D eigenvalue weighted by atomic mass is 9.75. The Morgan fingerprint density at radius 2 is 1.86 bits per heavy atom. The van der Waals surface area contributed by atoms with Crippen LogP contribution in [0.2, 0.25) is 0 Å². The average Bonchev–Trinajstić information content (AvgIpc) is 2.53. The van der Waals surface area contributed by atoms with Gasteiger partial charge in [0.25, 0.3) is 0 Å². The number of carbonyl (C=O) groups is 1. The second-order valence-corrected chi connectivity index (χ2v) is 6.19. The summed E-state index contributed by atoms with van der Waals surface area (Å²) in [5.41, 5.74) is 0.864. The van der Waals surface area contributed by atoms with Crippen LogP contribution in [0.3, 0.4) is 0 Å². The third-order valence-electron chi connectivity index (χ3n) is 5.07. The van der Waals surface area contributed by atoms with E-state index in [1.165, 1.54) is 5.56 Å². The van der Waals surface area contributed by atoms with Gasteiger partial charge in [-0.15, -0.1) is 0 Å². The van der Waals surface area contributed by atoms with Crippen molar-refractivity contribution in [3.05, 3.63) is 35.9 Å². The fourth-order valence-corrected chi connectivity index (χ4v) is 3.49. The molecule has 1 aromatic rings. The van der Waals surface area contributed by atoms with Gasteiger partial charge in [-0.05, 0) is 44.3 Å². The lowest BCUT2D eigenvalue weighted by Crippen LogP contribution is -2.45. The van der Waals surface area contributed by atoms with Crippen LogP contribution >= 0.6 is 0 Å². The van der Waals surface area contributed by atoms with Crippen molar-refractivity contribution in [1.82, 2.24) is 4.90 Å². The molecule has 0 amide bonds. The monoisotopic (exact) mass is 289 g/mol. The van der Waals surface area contributed by atoms with Gasteiger partial charge in [0.15, 0.2) is 0 Å². The summed E-state index contributed by atoms with van der Waals surface area (Å²) in [5.74, 6) is -0.614. The van der Waals surface area contributed by atoms with Gasteiger partial charge in [-0.3, -0.25) is 9.69 Å².